The van der Waals surface area contributed by atoms with Crippen LogP contribution in [0.5, 0.6) is 0 Å². The first-order chi connectivity index (χ1) is 11.2. The van der Waals surface area contributed by atoms with Crippen molar-refractivity contribution in [1.82, 2.24) is 5.01 Å². The monoisotopic (exact) mass is 310 g/mol. The minimum atomic E-state index is 0.939. The number of aromatic nitrogens is 1. The van der Waals surface area contributed by atoms with E-state index in [2.05, 4.69) is 61.3 Å². The normalized spacial score (nSPS) is 15.2. The van der Waals surface area contributed by atoms with Gasteiger partial charge in [0.05, 0.1) is 25.5 Å². The predicted octanol–water partition coefficient (Wildman–Crippen LogP) is 1.72. The molecule has 5 nitrogen and oxygen atoms in total. The van der Waals surface area contributed by atoms with E-state index in [0.29, 0.717) is 0 Å². The molecule has 0 atom stereocenters. The topological polar surface area (TPSA) is 36.2 Å². The van der Waals surface area contributed by atoms with E-state index in [1.165, 1.54) is 11.5 Å². The molecular weight excluding hydrogens is 286 g/mol. The van der Waals surface area contributed by atoms with Gasteiger partial charge in [0.2, 0.25) is 0 Å². The first-order valence-corrected chi connectivity index (χ1v) is 8.00. The summed E-state index contributed by atoms with van der Waals surface area (Å²) in [4.78, 5) is 7.75. The van der Waals surface area contributed by atoms with Crippen molar-refractivity contribution in [2.24, 2.45) is 5.10 Å². The number of nitrogens with one attached hydrogen (secondary N) is 1. The average molecular weight is 310 g/mol. The van der Waals surface area contributed by atoms with Gasteiger partial charge >= 0.3 is 0 Å². The number of hydrogen-bond acceptors (Lipinski definition) is 4. The lowest BCUT2D eigenvalue weighted by Crippen LogP contribution is -2.45. The van der Waals surface area contributed by atoms with E-state index < -0.39 is 0 Å². The molecule has 0 spiro atoms. The zero-order valence-electron chi connectivity index (χ0n) is 13.8. The van der Waals surface area contributed by atoms with Crippen LogP contribution in [0.2, 0.25) is 0 Å². The highest BCUT2D eigenvalue weighted by atomic mass is 15.5. The van der Waals surface area contributed by atoms with Gasteiger partial charge in [-0.1, -0.05) is 18.2 Å². The molecule has 120 valence electrons. The number of pyridine rings is 1. The second-order valence-electron chi connectivity index (χ2n) is 5.92. The first kappa shape index (κ1) is 15.3. The van der Waals surface area contributed by atoms with E-state index >= 15 is 0 Å². The van der Waals surface area contributed by atoms with Gasteiger partial charge in [-0.15, -0.1) is 0 Å². The van der Waals surface area contributed by atoms with Gasteiger partial charge in [0.15, 0.2) is 0 Å². The second-order valence-corrected chi connectivity index (χ2v) is 5.92. The molecule has 23 heavy (non-hydrogen) atoms. The smallest absolute Gasteiger partial charge is 0.274 e. The Morgan fingerprint density at radius 2 is 1.74 bits per heavy atom. The van der Waals surface area contributed by atoms with Crippen molar-refractivity contribution < 1.29 is 4.98 Å². The largest absolute Gasteiger partial charge is 0.378 e. The summed E-state index contributed by atoms with van der Waals surface area (Å²) in [5.74, 6) is 1.18. The number of nitrogens with zero attached hydrogens (tertiary/aromatic N) is 4. The van der Waals surface area contributed by atoms with Gasteiger partial charge < -0.3 is 4.90 Å². The van der Waals surface area contributed by atoms with Crippen molar-refractivity contribution in [3.63, 3.8) is 0 Å². The Bertz CT molecular complexity index is 628. The number of rotatable bonds is 4. The molecule has 1 aliphatic rings. The van der Waals surface area contributed by atoms with Crippen LogP contribution in [0, 0.1) is 0 Å². The average Bonchev–Trinajstić information content (AvgIpc) is 2.61. The summed E-state index contributed by atoms with van der Waals surface area (Å²) in [7, 11) is 4.10. The predicted molar refractivity (Wildman–Crippen MR) is 95.1 cm³/mol. The molecule has 0 aliphatic carbocycles. The second kappa shape index (κ2) is 7.13. The Kier molecular flexibility index (Phi) is 4.76. The summed E-state index contributed by atoms with van der Waals surface area (Å²) < 4.78 is 0. The minimum absolute atomic E-state index is 0.939. The molecule has 5 heteroatoms. The summed E-state index contributed by atoms with van der Waals surface area (Å²) in [6.45, 7) is 3.85. The fourth-order valence-electron chi connectivity index (χ4n) is 2.64. The third-order valence-electron chi connectivity index (χ3n) is 4.07. The summed E-state index contributed by atoms with van der Waals surface area (Å²) in [5, 5.41) is 6.75. The van der Waals surface area contributed by atoms with Crippen LogP contribution in [0.15, 0.2) is 53.8 Å². The Labute approximate surface area is 137 Å². The van der Waals surface area contributed by atoms with Crippen LogP contribution in [-0.2, 0) is 0 Å². The molecule has 1 N–H and O–H groups in total. The van der Waals surface area contributed by atoms with E-state index in [4.69, 9.17) is 0 Å². The number of aromatic amines is 1. The van der Waals surface area contributed by atoms with Gasteiger partial charge in [-0.2, -0.15) is 5.10 Å². The highest BCUT2D eigenvalue weighted by molar-refractivity contribution is 5.80. The molecule has 3 rings (SSSR count). The van der Waals surface area contributed by atoms with Gasteiger partial charge in [0.1, 0.15) is 13.1 Å². The van der Waals surface area contributed by atoms with Crippen molar-refractivity contribution in [2.45, 2.75) is 0 Å². The molecule has 1 aromatic heterocycles. The van der Waals surface area contributed by atoms with Crippen molar-refractivity contribution in [2.75, 3.05) is 50.1 Å². The maximum atomic E-state index is 4.61. The Morgan fingerprint density at radius 3 is 2.35 bits per heavy atom. The SMILES string of the molecule is CN(C)c1ccc(C=NN2CCN(c3cccc[nH+]3)CC2)cc1. The van der Waals surface area contributed by atoms with Crippen LogP contribution in [0.25, 0.3) is 0 Å². The van der Waals surface area contributed by atoms with Gasteiger partial charge in [0, 0.05) is 25.8 Å². The van der Waals surface area contributed by atoms with Gasteiger partial charge in [0.25, 0.3) is 5.82 Å². The lowest BCUT2D eigenvalue weighted by molar-refractivity contribution is -0.364. The number of benzene rings is 1. The minimum Gasteiger partial charge on any atom is -0.378 e. The molecule has 0 amide bonds. The van der Waals surface area contributed by atoms with Crippen LogP contribution in [0.1, 0.15) is 5.56 Å². The molecule has 0 radical (unpaired) electrons. The molecule has 1 aliphatic heterocycles. The Balaban J connectivity index is 1.54. The van der Waals surface area contributed by atoms with Crippen molar-refractivity contribution in [3.8, 4) is 0 Å². The van der Waals surface area contributed by atoms with Crippen LogP contribution in [-0.4, -0.2) is 51.5 Å². The number of H-pyrrole nitrogens is 1. The molecule has 0 bridgehead atoms. The molecule has 2 heterocycles. The van der Waals surface area contributed by atoms with Crippen molar-refractivity contribution in [3.05, 3.63) is 54.2 Å². The molecule has 0 unspecified atom stereocenters. The van der Waals surface area contributed by atoms with Gasteiger partial charge in [-0.3, -0.25) is 9.91 Å². The van der Waals surface area contributed by atoms with Crippen molar-refractivity contribution in [1.29, 1.82) is 0 Å². The standard InChI is InChI=1S/C18H23N5/c1-21(2)17-8-6-16(7-9-17)15-20-23-13-11-22(12-14-23)18-5-3-4-10-19-18/h3-10,15H,11-14H2,1-2H3/p+1. The van der Waals surface area contributed by atoms with E-state index in [0.717, 1.165) is 31.7 Å². The first-order valence-electron chi connectivity index (χ1n) is 8.00. The molecule has 1 aromatic carbocycles. The molecule has 1 fully saturated rings. The number of anilines is 2. The lowest BCUT2D eigenvalue weighted by atomic mass is 10.2. The molecule has 1 saturated heterocycles. The van der Waals surface area contributed by atoms with E-state index in [1.54, 1.807) is 0 Å². The zero-order valence-corrected chi connectivity index (χ0v) is 13.8. The van der Waals surface area contributed by atoms with Crippen LogP contribution in [0.4, 0.5) is 11.5 Å². The van der Waals surface area contributed by atoms with E-state index in [1.807, 2.05) is 32.6 Å². The number of hydrazone groups is 1. The highest BCUT2D eigenvalue weighted by Gasteiger charge is 2.21. The van der Waals surface area contributed by atoms with Gasteiger partial charge in [-0.05, 0) is 23.8 Å². The maximum Gasteiger partial charge on any atom is 0.274 e. The highest BCUT2D eigenvalue weighted by Crippen LogP contribution is 2.12. The molecule has 0 saturated carbocycles. The zero-order chi connectivity index (χ0) is 16.1. The summed E-state index contributed by atoms with van der Waals surface area (Å²) >= 11 is 0. The van der Waals surface area contributed by atoms with Gasteiger partial charge in [-0.25, -0.2) is 4.98 Å². The Hall–Kier alpha value is -2.56. The molecular formula is C18H24N5+. The fraction of sp³-hybridized carbons (Fsp3) is 0.333. The van der Waals surface area contributed by atoms with E-state index in [-0.39, 0.29) is 0 Å². The van der Waals surface area contributed by atoms with Crippen LogP contribution >= 0.6 is 0 Å². The quantitative estimate of drug-likeness (QED) is 0.807. The van der Waals surface area contributed by atoms with E-state index in [9.17, 15) is 0 Å². The summed E-state index contributed by atoms with van der Waals surface area (Å²) in [6, 6.07) is 14.6. The fourth-order valence-corrected chi connectivity index (χ4v) is 2.64. The van der Waals surface area contributed by atoms with Crippen molar-refractivity contribution >= 4 is 17.7 Å². The Morgan fingerprint density at radius 1 is 1.00 bits per heavy atom. The van der Waals surface area contributed by atoms with Crippen LogP contribution < -0.4 is 14.8 Å². The third-order valence-corrected chi connectivity index (χ3v) is 4.07. The maximum absolute atomic E-state index is 4.61. The molecule has 2 aromatic rings. The number of piperazine rings is 1. The number of hydrogen-bond donors (Lipinski definition) is 0. The summed E-state index contributed by atoms with van der Waals surface area (Å²) in [6.07, 6.45) is 3.92. The lowest BCUT2D eigenvalue weighted by Gasteiger charge is -2.28. The third kappa shape index (κ3) is 4.00. The summed E-state index contributed by atoms with van der Waals surface area (Å²) in [5.41, 5.74) is 2.34. The van der Waals surface area contributed by atoms with Crippen LogP contribution in [0.3, 0.4) is 0 Å².